The Morgan fingerprint density at radius 2 is 1.85 bits per heavy atom. The number of alkyl halides is 3. The first-order valence-corrected chi connectivity index (χ1v) is 5.66. The van der Waals surface area contributed by atoms with E-state index >= 15 is 0 Å². The summed E-state index contributed by atoms with van der Waals surface area (Å²) in [5.41, 5.74) is 0.332. The highest BCUT2D eigenvalue weighted by atomic mass is 19.4. The molecule has 0 saturated heterocycles. The summed E-state index contributed by atoms with van der Waals surface area (Å²) in [5.74, 6) is 0. The second kappa shape index (κ2) is 5.82. The Bertz CT molecular complexity index is 516. The third kappa shape index (κ3) is 4.80. The van der Waals surface area contributed by atoms with Crippen LogP contribution in [0.25, 0.3) is 0 Å². The highest BCUT2D eigenvalue weighted by Gasteiger charge is 2.29. The summed E-state index contributed by atoms with van der Waals surface area (Å²) in [5, 5.41) is 11.1. The molecule has 0 aliphatic carbocycles. The largest absolute Gasteiger partial charge is 0.440 e. The molecule has 0 radical (unpaired) electrons. The number of nitrogens with zero attached hydrogens (tertiary/aromatic N) is 1. The molecular formula is C13H13F3N2O2. The summed E-state index contributed by atoms with van der Waals surface area (Å²) in [7, 11) is 0. The number of carbonyl (C=O) groups is 1. The first kappa shape index (κ1) is 15.8. The lowest BCUT2D eigenvalue weighted by molar-refractivity contribution is -0.159. The van der Waals surface area contributed by atoms with E-state index in [1.54, 1.807) is 26.0 Å². The summed E-state index contributed by atoms with van der Waals surface area (Å²) in [6.07, 6.45) is -5.74. The number of amides is 1. The van der Waals surface area contributed by atoms with Crippen molar-refractivity contribution >= 4 is 11.8 Å². The Balaban J connectivity index is 2.63. The van der Waals surface area contributed by atoms with E-state index in [-0.39, 0.29) is 5.69 Å². The van der Waals surface area contributed by atoms with Crippen LogP contribution in [0.5, 0.6) is 0 Å². The molecule has 1 aromatic rings. The maximum atomic E-state index is 11.8. The quantitative estimate of drug-likeness (QED) is 0.923. The fraction of sp³-hybridized carbons (Fsp3) is 0.385. The van der Waals surface area contributed by atoms with Crippen LogP contribution in [0, 0.1) is 11.3 Å². The smallest absolute Gasteiger partial charge is 0.422 e. The molecule has 0 heterocycles. The van der Waals surface area contributed by atoms with Gasteiger partial charge in [-0.05, 0) is 31.5 Å². The van der Waals surface area contributed by atoms with Crippen molar-refractivity contribution in [3.8, 4) is 6.07 Å². The predicted molar refractivity (Wildman–Crippen MR) is 66.1 cm³/mol. The van der Waals surface area contributed by atoms with Crippen LogP contribution >= 0.6 is 0 Å². The van der Waals surface area contributed by atoms with Gasteiger partial charge in [-0.3, -0.25) is 5.32 Å². The Hall–Kier alpha value is -2.23. The zero-order valence-electron chi connectivity index (χ0n) is 10.9. The standard InChI is InChI=1S/C13H13F3N2O2/c1-12(2,7-17)9-3-5-10(6-4-9)18-11(19)20-8-13(14,15)16/h3-6H,8H2,1-2H3,(H,18,19). The van der Waals surface area contributed by atoms with E-state index in [9.17, 15) is 18.0 Å². The monoisotopic (exact) mass is 286 g/mol. The number of ether oxygens (including phenoxy) is 1. The molecule has 1 aromatic carbocycles. The lowest BCUT2D eigenvalue weighted by Gasteiger charge is -2.16. The van der Waals surface area contributed by atoms with Gasteiger partial charge < -0.3 is 4.74 Å². The minimum Gasteiger partial charge on any atom is -0.440 e. The van der Waals surface area contributed by atoms with E-state index in [4.69, 9.17) is 5.26 Å². The Morgan fingerprint density at radius 3 is 2.30 bits per heavy atom. The second-order valence-corrected chi connectivity index (χ2v) is 4.63. The van der Waals surface area contributed by atoms with Gasteiger partial charge in [0, 0.05) is 5.69 Å². The van der Waals surface area contributed by atoms with Gasteiger partial charge in [0.25, 0.3) is 0 Å². The first-order chi connectivity index (χ1) is 9.14. The van der Waals surface area contributed by atoms with Gasteiger partial charge in [0.2, 0.25) is 0 Å². The molecule has 1 N–H and O–H groups in total. The van der Waals surface area contributed by atoms with Gasteiger partial charge in [0.05, 0.1) is 11.5 Å². The van der Waals surface area contributed by atoms with Gasteiger partial charge in [-0.1, -0.05) is 12.1 Å². The molecule has 0 fully saturated rings. The average Bonchev–Trinajstić information content (AvgIpc) is 2.36. The van der Waals surface area contributed by atoms with Gasteiger partial charge >= 0.3 is 12.3 Å². The Morgan fingerprint density at radius 1 is 1.30 bits per heavy atom. The Labute approximate surface area is 114 Å². The second-order valence-electron chi connectivity index (χ2n) is 4.63. The Kier molecular flexibility index (Phi) is 4.61. The van der Waals surface area contributed by atoms with E-state index in [1.807, 2.05) is 0 Å². The number of rotatable bonds is 3. The van der Waals surface area contributed by atoms with Crippen LogP contribution in [0.4, 0.5) is 23.7 Å². The van der Waals surface area contributed by atoms with Crippen molar-refractivity contribution < 1.29 is 22.7 Å². The van der Waals surface area contributed by atoms with Gasteiger partial charge in [-0.2, -0.15) is 18.4 Å². The van der Waals surface area contributed by atoms with E-state index in [0.717, 1.165) is 5.56 Å². The fourth-order valence-electron chi connectivity index (χ4n) is 1.34. The maximum absolute atomic E-state index is 11.8. The molecule has 0 bridgehead atoms. The highest BCUT2D eigenvalue weighted by Crippen LogP contribution is 2.23. The summed E-state index contributed by atoms with van der Waals surface area (Å²) in [4.78, 5) is 11.1. The van der Waals surface area contributed by atoms with Gasteiger partial charge in [0.1, 0.15) is 0 Å². The predicted octanol–water partition coefficient (Wildman–Crippen LogP) is 3.60. The number of benzene rings is 1. The van der Waals surface area contributed by atoms with Crippen molar-refractivity contribution in [2.45, 2.75) is 25.4 Å². The van der Waals surface area contributed by atoms with Crippen LogP contribution in [-0.2, 0) is 10.2 Å². The normalized spacial score (nSPS) is 11.6. The lowest BCUT2D eigenvalue weighted by atomic mass is 9.86. The zero-order chi connectivity index (χ0) is 15.4. The van der Waals surface area contributed by atoms with Crippen molar-refractivity contribution in [3.63, 3.8) is 0 Å². The molecule has 0 saturated carbocycles. The highest BCUT2D eigenvalue weighted by molar-refractivity contribution is 5.84. The van der Waals surface area contributed by atoms with Gasteiger partial charge in [0.15, 0.2) is 6.61 Å². The van der Waals surface area contributed by atoms with E-state index < -0.39 is 24.3 Å². The number of anilines is 1. The summed E-state index contributed by atoms with van der Waals surface area (Å²) >= 11 is 0. The molecule has 7 heteroatoms. The third-order valence-corrected chi connectivity index (χ3v) is 2.50. The van der Waals surface area contributed by atoms with Crippen LogP contribution in [0.15, 0.2) is 24.3 Å². The van der Waals surface area contributed by atoms with Crippen LogP contribution in [0.1, 0.15) is 19.4 Å². The van der Waals surface area contributed by atoms with Crippen molar-refractivity contribution in [2.24, 2.45) is 0 Å². The van der Waals surface area contributed by atoms with Gasteiger partial charge in [-0.15, -0.1) is 0 Å². The van der Waals surface area contributed by atoms with Crippen molar-refractivity contribution in [1.29, 1.82) is 5.26 Å². The van der Waals surface area contributed by atoms with Gasteiger partial charge in [-0.25, -0.2) is 4.79 Å². The molecule has 108 valence electrons. The summed E-state index contributed by atoms with van der Waals surface area (Å²) in [6.45, 7) is 1.82. The molecule has 4 nitrogen and oxygen atoms in total. The molecule has 0 unspecified atom stereocenters. The lowest BCUT2D eigenvalue weighted by Crippen LogP contribution is -2.23. The molecule has 0 aliphatic heterocycles. The minimum absolute atomic E-state index is 0.287. The van der Waals surface area contributed by atoms with E-state index in [0.29, 0.717) is 0 Å². The molecule has 0 atom stereocenters. The molecule has 0 aliphatic rings. The topological polar surface area (TPSA) is 62.1 Å². The van der Waals surface area contributed by atoms with Crippen molar-refractivity contribution in [1.82, 2.24) is 0 Å². The SMILES string of the molecule is CC(C)(C#N)c1ccc(NC(=O)OCC(F)(F)F)cc1. The molecule has 1 amide bonds. The molecule has 0 spiro atoms. The van der Waals surface area contributed by atoms with E-state index in [2.05, 4.69) is 16.1 Å². The molecule has 1 rings (SSSR count). The van der Waals surface area contributed by atoms with Crippen LogP contribution in [-0.4, -0.2) is 18.9 Å². The van der Waals surface area contributed by atoms with Crippen molar-refractivity contribution in [2.75, 3.05) is 11.9 Å². The molecule has 0 aromatic heterocycles. The summed E-state index contributed by atoms with van der Waals surface area (Å²) < 4.78 is 39.5. The molecular weight excluding hydrogens is 273 g/mol. The number of halogens is 3. The number of hydrogen-bond donors (Lipinski definition) is 1. The minimum atomic E-state index is -4.56. The first-order valence-electron chi connectivity index (χ1n) is 5.66. The maximum Gasteiger partial charge on any atom is 0.422 e. The summed E-state index contributed by atoms with van der Waals surface area (Å²) in [6, 6.07) is 8.32. The number of carbonyl (C=O) groups excluding carboxylic acids is 1. The molecule has 20 heavy (non-hydrogen) atoms. The van der Waals surface area contributed by atoms with Crippen LogP contribution in [0.3, 0.4) is 0 Å². The van der Waals surface area contributed by atoms with Crippen molar-refractivity contribution in [3.05, 3.63) is 29.8 Å². The van der Waals surface area contributed by atoms with E-state index in [1.165, 1.54) is 12.1 Å². The third-order valence-electron chi connectivity index (χ3n) is 2.50. The number of hydrogen-bond acceptors (Lipinski definition) is 3. The fourth-order valence-corrected chi connectivity index (χ4v) is 1.34. The van der Waals surface area contributed by atoms with Crippen LogP contribution in [0.2, 0.25) is 0 Å². The number of nitriles is 1. The van der Waals surface area contributed by atoms with Crippen LogP contribution < -0.4 is 5.32 Å². The average molecular weight is 286 g/mol. The number of nitrogens with one attached hydrogen (secondary N) is 1. The zero-order valence-corrected chi connectivity index (χ0v) is 10.9.